The first-order valence-corrected chi connectivity index (χ1v) is 10.7. The van der Waals surface area contributed by atoms with Crippen molar-refractivity contribution in [1.29, 1.82) is 0 Å². The zero-order valence-electron chi connectivity index (χ0n) is 17.4. The molecule has 0 spiro atoms. The van der Waals surface area contributed by atoms with E-state index in [9.17, 15) is 10.2 Å². The molecule has 7 heteroatoms. The second-order valence-electron chi connectivity index (χ2n) is 6.77. The van der Waals surface area contributed by atoms with Crippen LogP contribution in [0.3, 0.4) is 0 Å². The van der Waals surface area contributed by atoms with Gasteiger partial charge in [-0.1, -0.05) is 18.2 Å². The maximum atomic E-state index is 10.4. The van der Waals surface area contributed by atoms with Gasteiger partial charge in [-0.2, -0.15) is 0 Å². The maximum Gasteiger partial charge on any atom is 0.129 e. The fourth-order valence-electron chi connectivity index (χ4n) is 2.70. The van der Waals surface area contributed by atoms with E-state index in [1.807, 2.05) is 24.5 Å². The number of ether oxygens (including phenoxy) is 1. The van der Waals surface area contributed by atoms with E-state index in [4.69, 9.17) is 14.6 Å². The first-order valence-electron chi connectivity index (χ1n) is 9.45. The van der Waals surface area contributed by atoms with Crippen molar-refractivity contribution in [2.45, 2.75) is 43.7 Å². The summed E-state index contributed by atoms with van der Waals surface area (Å²) in [7, 11) is 1.67. The standard InChI is InChI=1S/C20H27NO3S.C2H4O2/c1-14(4-5-15-6-9-17(24-2)10-7-15)21-13-19(23)16-8-11-18(22)20(12-16)25-3;1-2(3)4/h6-12,14,19,21-23H,4-5,13H2,1-3H3;1H3,(H,3,4). The number of rotatable bonds is 9. The highest BCUT2D eigenvalue weighted by atomic mass is 32.2. The van der Waals surface area contributed by atoms with E-state index in [1.165, 1.54) is 17.3 Å². The van der Waals surface area contributed by atoms with Crippen LogP contribution in [0.25, 0.3) is 0 Å². The van der Waals surface area contributed by atoms with Gasteiger partial charge in [0.15, 0.2) is 0 Å². The monoisotopic (exact) mass is 421 g/mol. The van der Waals surface area contributed by atoms with Crippen LogP contribution in [0.15, 0.2) is 47.4 Å². The predicted molar refractivity (Wildman–Crippen MR) is 113 cm³/mol. The third kappa shape index (κ3) is 9.69. The molecule has 0 aliphatic rings. The molecule has 2 aromatic rings. The number of methoxy groups -OCH3 is 1. The Morgan fingerprint density at radius 1 is 1.24 bits per heavy atom. The lowest BCUT2D eigenvalue weighted by atomic mass is 10.1. The molecule has 0 aliphatic heterocycles. The lowest BCUT2D eigenvalue weighted by Crippen LogP contribution is -2.90. The number of benzene rings is 2. The first kappa shape index (κ1) is 24.8. The third-order valence-electron chi connectivity index (χ3n) is 4.40. The minimum atomic E-state index is -1.08. The molecule has 160 valence electrons. The fraction of sp³-hybridized carbons (Fsp3) is 0.409. The van der Waals surface area contributed by atoms with Gasteiger partial charge in [-0.15, -0.1) is 11.8 Å². The highest BCUT2D eigenvalue weighted by Crippen LogP contribution is 2.29. The van der Waals surface area contributed by atoms with Crippen LogP contribution >= 0.6 is 11.8 Å². The number of thioether (sulfide) groups is 1. The molecule has 2 atom stereocenters. The highest BCUT2D eigenvalue weighted by molar-refractivity contribution is 7.98. The highest BCUT2D eigenvalue weighted by Gasteiger charge is 2.14. The van der Waals surface area contributed by atoms with E-state index in [-0.39, 0.29) is 5.75 Å². The summed E-state index contributed by atoms with van der Waals surface area (Å²) in [6, 6.07) is 13.9. The van der Waals surface area contributed by atoms with E-state index in [2.05, 4.69) is 24.4 Å². The van der Waals surface area contributed by atoms with Crippen molar-refractivity contribution in [2.24, 2.45) is 0 Å². The number of aryl methyl sites for hydroxylation is 1. The molecule has 0 radical (unpaired) electrons. The van der Waals surface area contributed by atoms with Gasteiger partial charge in [0.25, 0.3) is 0 Å². The van der Waals surface area contributed by atoms with E-state index in [0.717, 1.165) is 36.0 Å². The lowest BCUT2D eigenvalue weighted by molar-refractivity contribution is -0.693. The maximum absolute atomic E-state index is 10.4. The molecule has 0 heterocycles. The minimum Gasteiger partial charge on any atom is -0.550 e. The number of carboxylic acid groups (broad SMARTS) is 1. The lowest BCUT2D eigenvalue weighted by Gasteiger charge is -2.15. The van der Waals surface area contributed by atoms with Crippen LogP contribution in [0.2, 0.25) is 0 Å². The van der Waals surface area contributed by atoms with Crippen molar-refractivity contribution >= 4 is 17.7 Å². The number of phenols is 1. The number of carbonyl (C=O) groups is 1. The summed E-state index contributed by atoms with van der Waals surface area (Å²) < 4.78 is 5.17. The van der Waals surface area contributed by atoms with Crippen molar-refractivity contribution in [3.05, 3.63) is 53.6 Å². The number of carbonyl (C=O) groups excluding carboxylic acids is 1. The van der Waals surface area contributed by atoms with E-state index >= 15 is 0 Å². The SMILES string of the molecule is CC(=O)[O-].COc1ccc(CCC(C)[NH2+]CC(O)c2ccc(O)c(SC)c2)cc1. The molecule has 4 N–H and O–H groups in total. The van der Waals surface area contributed by atoms with Gasteiger partial charge in [0.2, 0.25) is 0 Å². The molecule has 0 fully saturated rings. The average Bonchev–Trinajstić information content (AvgIpc) is 2.70. The Bertz CT molecular complexity index is 747. The van der Waals surface area contributed by atoms with Crippen molar-refractivity contribution < 1.29 is 30.2 Å². The van der Waals surface area contributed by atoms with Gasteiger partial charge in [0.1, 0.15) is 24.1 Å². The van der Waals surface area contributed by atoms with Gasteiger partial charge in [0, 0.05) is 17.3 Å². The van der Waals surface area contributed by atoms with Crippen molar-refractivity contribution in [3.63, 3.8) is 0 Å². The van der Waals surface area contributed by atoms with Crippen molar-refractivity contribution in [1.82, 2.24) is 0 Å². The Balaban J connectivity index is 0.000000960. The van der Waals surface area contributed by atoms with Gasteiger partial charge >= 0.3 is 0 Å². The second kappa shape index (κ2) is 13.1. The van der Waals surface area contributed by atoms with E-state index < -0.39 is 12.1 Å². The number of phenolic OH excluding ortho intramolecular Hbond substituents is 1. The smallest absolute Gasteiger partial charge is 0.129 e. The molecule has 6 nitrogen and oxygen atoms in total. The summed E-state index contributed by atoms with van der Waals surface area (Å²) in [6.07, 6.45) is 3.44. The molecule has 2 rings (SSSR count). The summed E-state index contributed by atoms with van der Waals surface area (Å²) in [5, 5.41) is 31.2. The van der Waals surface area contributed by atoms with Gasteiger partial charge in [-0.25, -0.2) is 0 Å². The molecule has 29 heavy (non-hydrogen) atoms. The molecule has 2 aromatic carbocycles. The summed E-state index contributed by atoms with van der Waals surface area (Å²) in [4.78, 5) is 9.68. The quantitative estimate of drug-likeness (QED) is 0.530. The molecule has 0 aliphatic carbocycles. The molecular weight excluding hydrogens is 390 g/mol. The number of hydrogen-bond acceptors (Lipinski definition) is 6. The topological polar surface area (TPSA) is 106 Å². The van der Waals surface area contributed by atoms with Gasteiger partial charge in [-0.3, -0.25) is 0 Å². The Hall–Kier alpha value is -2.22. The number of aliphatic hydroxyl groups excluding tert-OH is 1. The van der Waals surface area contributed by atoms with Gasteiger partial charge in [-0.05, 0) is 61.9 Å². The number of quaternary nitrogens is 1. The van der Waals surface area contributed by atoms with Crippen LogP contribution in [-0.4, -0.2) is 42.1 Å². The molecular formula is C22H31NO5S. The number of aliphatic hydroxyl groups is 1. The second-order valence-corrected chi connectivity index (χ2v) is 7.62. The minimum absolute atomic E-state index is 0.264. The number of aromatic hydroxyl groups is 1. The summed E-state index contributed by atoms with van der Waals surface area (Å²) in [5.41, 5.74) is 2.14. The number of aliphatic carboxylic acids is 1. The molecule has 0 saturated heterocycles. The molecule has 0 amide bonds. The van der Waals surface area contributed by atoms with Gasteiger partial charge in [0.05, 0.1) is 13.2 Å². The van der Waals surface area contributed by atoms with Crippen LogP contribution in [0.5, 0.6) is 11.5 Å². The summed E-state index contributed by atoms with van der Waals surface area (Å²) in [6.45, 7) is 3.77. The van der Waals surface area contributed by atoms with E-state index in [0.29, 0.717) is 12.6 Å². The van der Waals surface area contributed by atoms with Crippen LogP contribution < -0.4 is 15.2 Å². The molecule has 0 aromatic heterocycles. The zero-order valence-corrected chi connectivity index (χ0v) is 18.2. The summed E-state index contributed by atoms with van der Waals surface area (Å²) in [5.74, 6) is 0.0604. The summed E-state index contributed by atoms with van der Waals surface area (Å²) >= 11 is 1.48. The van der Waals surface area contributed by atoms with E-state index in [1.54, 1.807) is 19.2 Å². The van der Waals surface area contributed by atoms with Crippen LogP contribution in [0, 0.1) is 0 Å². The molecule has 2 unspecified atom stereocenters. The Morgan fingerprint density at radius 3 is 2.41 bits per heavy atom. The largest absolute Gasteiger partial charge is 0.550 e. The average molecular weight is 422 g/mol. The Labute approximate surface area is 176 Å². The first-order chi connectivity index (χ1) is 13.8. The third-order valence-corrected chi connectivity index (χ3v) is 5.16. The zero-order chi connectivity index (χ0) is 21.8. The Morgan fingerprint density at radius 2 is 1.86 bits per heavy atom. The predicted octanol–water partition coefficient (Wildman–Crippen LogP) is 1.50. The molecule has 0 bridgehead atoms. The number of carboxylic acids is 1. The van der Waals surface area contributed by atoms with Gasteiger partial charge < -0.3 is 30.2 Å². The number of nitrogens with two attached hydrogens (primary N) is 1. The van der Waals surface area contributed by atoms with Crippen LogP contribution in [0.1, 0.15) is 37.5 Å². The van der Waals surface area contributed by atoms with Crippen LogP contribution in [-0.2, 0) is 11.2 Å². The fourth-order valence-corrected chi connectivity index (χ4v) is 3.23. The van der Waals surface area contributed by atoms with Crippen molar-refractivity contribution in [3.8, 4) is 11.5 Å². The molecule has 0 saturated carbocycles. The van der Waals surface area contributed by atoms with Crippen LogP contribution in [0.4, 0.5) is 0 Å². The Kier molecular flexibility index (Phi) is 11.2. The number of hydrogen-bond donors (Lipinski definition) is 3. The normalized spacial score (nSPS) is 12.4. The van der Waals surface area contributed by atoms with Crippen molar-refractivity contribution in [2.75, 3.05) is 19.9 Å².